The van der Waals surface area contributed by atoms with Gasteiger partial charge in [0.2, 0.25) is 0 Å². The second-order valence-electron chi connectivity index (χ2n) is 10.4. The van der Waals surface area contributed by atoms with Crippen molar-refractivity contribution in [3.05, 3.63) is 54.5 Å². The molecule has 39 heavy (non-hydrogen) atoms. The molecule has 3 aromatic rings. The van der Waals surface area contributed by atoms with Crippen LogP contribution in [0.2, 0.25) is 0 Å². The number of fused-ring (bicyclic) bond motifs is 1. The first-order chi connectivity index (χ1) is 19.0. The largest absolute Gasteiger partial charge is 0.494 e. The van der Waals surface area contributed by atoms with Crippen molar-refractivity contribution in [3.63, 3.8) is 0 Å². The van der Waals surface area contributed by atoms with Crippen molar-refractivity contribution in [2.24, 2.45) is 0 Å². The summed E-state index contributed by atoms with van der Waals surface area (Å²) < 4.78 is 41.7. The molecular formula is C32H41F2N3O2. The van der Waals surface area contributed by atoms with Crippen LogP contribution in [0, 0.1) is 0 Å². The molecule has 1 aliphatic heterocycles. The van der Waals surface area contributed by atoms with Gasteiger partial charge in [-0.15, -0.1) is 0 Å². The van der Waals surface area contributed by atoms with Crippen molar-refractivity contribution in [1.82, 2.24) is 15.0 Å². The number of hydrogen-bond acceptors (Lipinski definition) is 5. The van der Waals surface area contributed by atoms with E-state index >= 15 is 8.78 Å². The maximum Gasteiger partial charge on any atom is 0.329 e. The van der Waals surface area contributed by atoms with Crippen LogP contribution in [0.4, 0.5) is 8.78 Å². The second kappa shape index (κ2) is 14.3. The van der Waals surface area contributed by atoms with Crippen molar-refractivity contribution >= 4 is 0 Å². The molecule has 3 heterocycles. The van der Waals surface area contributed by atoms with Crippen LogP contribution in [0.3, 0.4) is 0 Å². The Bertz CT molecular complexity index is 1150. The summed E-state index contributed by atoms with van der Waals surface area (Å²) >= 11 is 0. The highest BCUT2D eigenvalue weighted by Gasteiger charge is 2.52. The lowest BCUT2D eigenvalue weighted by molar-refractivity contribution is -0.0818. The van der Waals surface area contributed by atoms with Crippen LogP contribution in [0.5, 0.6) is 11.5 Å². The number of rotatable bonds is 16. The second-order valence-corrected chi connectivity index (χ2v) is 10.4. The van der Waals surface area contributed by atoms with Crippen LogP contribution in [-0.4, -0.2) is 27.7 Å². The molecule has 0 bridgehead atoms. The van der Waals surface area contributed by atoms with Gasteiger partial charge in [-0.3, -0.25) is 0 Å². The molecule has 1 aliphatic rings. The third-order valence-electron chi connectivity index (χ3n) is 7.25. The first-order valence-electron chi connectivity index (χ1n) is 14.6. The third-order valence-corrected chi connectivity index (χ3v) is 7.25. The molecule has 0 saturated carbocycles. The normalized spacial score (nSPS) is 15.6. The Balaban J connectivity index is 1.32. The number of unbranched alkanes of at least 4 members (excludes halogenated alkanes) is 9. The molecule has 0 radical (unpaired) electrons. The number of benzene rings is 1. The van der Waals surface area contributed by atoms with Gasteiger partial charge in [0.1, 0.15) is 17.2 Å². The number of alkyl halides is 2. The van der Waals surface area contributed by atoms with E-state index in [1.165, 1.54) is 32.1 Å². The predicted octanol–water partition coefficient (Wildman–Crippen LogP) is 9.16. The van der Waals surface area contributed by atoms with Gasteiger partial charge in [0, 0.05) is 18.0 Å². The topological polar surface area (TPSA) is 57.1 Å². The highest BCUT2D eigenvalue weighted by Crippen LogP contribution is 2.46. The summed E-state index contributed by atoms with van der Waals surface area (Å²) in [5.74, 6) is -1.83. The van der Waals surface area contributed by atoms with Crippen molar-refractivity contribution in [1.29, 1.82) is 0 Å². The van der Waals surface area contributed by atoms with Gasteiger partial charge >= 0.3 is 5.92 Å². The van der Waals surface area contributed by atoms with Gasteiger partial charge in [0.25, 0.3) is 0 Å². The Morgan fingerprint density at radius 1 is 0.769 bits per heavy atom. The number of hydrogen-bond donors (Lipinski definition) is 0. The minimum Gasteiger partial charge on any atom is -0.494 e. The quantitative estimate of drug-likeness (QED) is 0.171. The summed E-state index contributed by atoms with van der Waals surface area (Å²) in [6.45, 7) is 5.08. The standard InChI is InChI=1S/C32H41F2N3O2/c1-3-5-7-9-11-13-21-38-26-17-15-24(16-18-26)25-22-35-31(36-23-25)27-19-20-28-30(37-27)32(33,34)29(39-28)14-12-10-8-6-4-2/h15-20,22-23,29H,3-14,21H2,1-2H3. The Hall–Kier alpha value is -3.09. The molecule has 4 rings (SSSR count). The van der Waals surface area contributed by atoms with Crippen molar-refractivity contribution in [3.8, 4) is 34.1 Å². The number of ether oxygens (including phenoxy) is 2. The van der Waals surface area contributed by atoms with E-state index in [9.17, 15) is 0 Å². The molecule has 210 valence electrons. The molecule has 7 heteroatoms. The van der Waals surface area contributed by atoms with Crippen LogP contribution in [0.15, 0.2) is 48.8 Å². The molecule has 0 aliphatic carbocycles. The average Bonchev–Trinajstić information content (AvgIpc) is 3.21. The molecule has 0 N–H and O–H groups in total. The minimum atomic E-state index is -3.13. The van der Waals surface area contributed by atoms with E-state index in [0.29, 0.717) is 17.9 Å². The molecular weight excluding hydrogens is 496 g/mol. The number of pyridine rings is 1. The van der Waals surface area contributed by atoms with E-state index in [4.69, 9.17) is 9.47 Å². The number of halogens is 2. The summed E-state index contributed by atoms with van der Waals surface area (Å²) in [7, 11) is 0. The number of aromatic nitrogens is 3. The molecule has 0 saturated heterocycles. The average molecular weight is 538 g/mol. The summed E-state index contributed by atoms with van der Waals surface area (Å²) in [6, 6.07) is 11.1. The SMILES string of the molecule is CCCCCCCCOc1ccc(-c2cnc(-c3ccc4c(n3)C(F)(F)C(CCCCCCC)O4)nc2)cc1. The Morgan fingerprint density at radius 3 is 2.10 bits per heavy atom. The van der Waals surface area contributed by atoms with Gasteiger partial charge in [-0.25, -0.2) is 15.0 Å². The molecule has 0 spiro atoms. The lowest BCUT2D eigenvalue weighted by Gasteiger charge is -2.17. The van der Waals surface area contributed by atoms with Crippen molar-refractivity contribution in [2.45, 2.75) is 103 Å². The molecule has 5 nitrogen and oxygen atoms in total. The van der Waals surface area contributed by atoms with Crippen LogP contribution < -0.4 is 9.47 Å². The van der Waals surface area contributed by atoms with Gasteiger partial charge in [-0.2, -0.15) is 8.78 Å². The van der Waals surface area contributed by atoms with E-state index in [2.05, 4.69) is 28.8 Å². The van der Waals surface area contributed by atoms with Crippen molar-refractivity contribution in [2.75, 3.05) is 6.61 Å². The zero-order chi connectivity index (χ0) is 27.5. The lowest BCUT2D eigenvalue weighted by atomic mass is 10.0. The van der Waals surface area contributed by atoms with Gasteiger partial charge < -0.3 is 9.47 Å². The zero-order valence-electron chi connectivity index (χ0n) is 23.3. The first kappa shape index (κ1) is 28.9. The van der Waals surface area contributed by atoms with Crippen LogP contribution in [0.25, 0.3) is 22.6 Å². The lowest BCUT2D eigenvalue weighted by Crippen LogP contribution is -2.30. The summed E-state index contributed by atoms with van der Waals surface area (Å²) in [6.07, 6.45) is 14.9. The molecule has 0 fully saturated rings. The van der Waals surface area contributed by atoms with Gasteiger partial charge in [-0.1, -0.05) is 83.8 Å². The van der Waals surface area contributed by atoms with Crippen LogP contribution in [-0.2, 0) is 5.92 Å². The smallest absolute Gasteiger partial charge is 0.329 e. The Kier molecular flexibility index (Phi) is 10.6. The maximum absolute atomic E-state index is 15.1. The fourth-order valence-electron chi connectivity index (χ4n) is 4.88. The van der Waals surface area contributed by atoms with E-state index in [-0.39, 0.29) is 11.4 Å². The minimum absolute atomic E-state index is 0.151. The third kappa shape index (κ3) is 7.74. The van der Waals surface area contributed by atoms with E-state index in [0.717, 1.165) is 62.0 Å². The Labute approximate surface area is 231 Å². The molecule has 0 amide bonds. The fraction of sp³-hybridized carbons (Fsp3) is 0.531. The Morgan fingerprint density at radius 2 is 1.41 bits per heavy atom. The summed E-state index contributed by atoms with van der Waals surface area (Å²) in [5, 5.41) is 0. The highest BCUT2D eigenvalue weighted by atomic mass is 19.3. The van der Waals surface area contributed by atoms with E-state index < -0.39 is 12.0 Å². The summed E-state index contributed by atoms with van der Waals surface area (Å²) in [4.78, 5) is 13.1. The van der Waals surface area contributed by atoms with Gasteiger partial charge in [0.15, 0.2) is 17.6 Å². The maximum atomic E-state index is 15.1. The first-order valence-corrected chi connectivity index (χ1v) is 14.6. The molecule has 1 atom stereocenters. The predicted molar refractivity (Wildman–Crippen MR) is 151 cm³/mol. The monoisotopic (exact) mass is 537 g/mol. The van der Waals surface area contributed by atoms with E-state index in [1.807, 2.05) is 24.3 Å². The molecule has 2 aromatic heterocycles. The molecule has 1 aromatic carbocycles. The number of nitrogens with zero attached hydrogens (tertiary/aromatic N) is 3. The van der Waals surface area contributed by atoms with Gasteiger partial charge in [-0.05, 0) is 49.1 Å². The summed E-state index contributed by atoms with van der Waals surface area (Å²) in [5.41, 5.74) is 1.78. The zero-order valence-corrected chi connectivity index (χ0v) is 23.3. The molecule has 1 unspecified atom stereocenters. The van der Waals surface area contributed by atoms with Gasteiger partial charge in [0.05, 0.1) is 6.61 Å². The van der Waals surface area contributed by atoms with E-state index in [1.54, 1.807) is 24.5 Å². The highest BCUT2D eigenvalue weighted by molar-refractivity contribution is 5.64. The van der Waals surface area contributed by atoms with Crippen LogP contribution in [0.1, 0.15) is 96.6 Å². The fourth-order valence-corrected chi connectivity index (χ4v) is 4.88. The van der Waals surface area contributed by atoms with Crippen molar-refractivity contribution < 1.29 is 18.3 Å². The van der Waals surface area contributed by atoms with Crippen LogP contribution >= 0.6 is 0 Å².